The van der Waals surface area contributed by atoms with Gasteiger partial charge in [-0.15, -0.1) is 0 Å². The highest BCUT2D eigenvalue weighted by Crippen LogP contribution is 2.76. The molecule has 1 saturated heterocycles. The molecule has 6 heteroatoms. The molecule has 0 radical (unpaired) electrons. The molecular weight excluding hydrogens is 363 g/mol. The minimum atomic E-state index is -1.63. The Hall–Kier alpha value is -1.37. The molecule has 28 heavy (non-hydrogen) atoms. The molecule has 0 aromatic heterocycles. The summed E-state index contributed by atoms with van der Waals surface area (Å²) in [4.78, 5) is 24.5. The Balaban J connectivity index is 1.63. The molecule has 2 N–H and O–H groups in total. The van der Waals surface area contributed by atoms with Crippen LogP contribution < -0.4 is 0 Å². The summed E-state index contributed by atoms with van der Waals surface area (Å²) in [6.45, 7) is 5.00. The minimum absolute atomic E-state index is 0.0931. The number of Topliss-reactive ketones (excluding diaryl/α,β-unsaturated/α-hetero) is 1. The molecule has 152 valence electrons. The van der Waals surface area contributed by atoms with E-state index in [4.69, 9.17) is 4.74 Å². The highest BCUT2D eigenvalue weighted by atomic mass is 19.1. The van der Waals surface area contributed by atoms with Crippen molar-refractivity contribution in [1.29, 1.82) is 0 Å². The Morgan fingerprint density at radius 3 is 2.71 bits per heavy atom. The average Bonchev–Trinajstić information content (AvgIpc) is 3.34. The first-order valence-electron chi connectivity index (χ1n) is 10.2. The number of hydrogen-bond donors (Lipinski definition) is 2. The summed E-state index contributed by atoms with van der Waals surface area (Å²) in [6, 6.07) is 0. The molecule has 9 unspecified atom stereocenters. The summed E-state index contributed by atoms with van der Waals surface area (Å²) < 4.78 is 21.6. The van der Waals surface area contributed by atoms with Crippen LogP contribution in [0.4, 0.5) is 4.39 Å². The van der Waals surface area contributed by atoms with Gasteiger partial charge in [0, 0.05) is 10.8 Å². The van der Waals surface area contributed by atoms with Crippen LogP contribution in [-0.2, 0) is 14.3 Å². The van der Waals surface area contributed by atoms with Gasteiger partial charge in [-0.25, -0.2) is 4.39 Å². The molecule has 1 heterocycles. The lowest BCUT2D eigenvalue weighted by Crippen LogP contribution is -2.63. The van der Waals surface area contributed by atoms with Crippen molar-refractivity contribution in [3.8, 4) is 0 Å². The molecule has 0 bridgehead atoms. The largest absolute Gasteiger partial charge is 0.388 e. The van der Waals surface area contributed by atoms with Gasteiger partial charge in [0.05, 0.1) is 6.10 Å². The van der Waals surface area contributed by atoms with E-state index in [9.17, 15) is 19.8 Å². The van der Waals surface area contributed by atoms with Crippen LogP contribution in [-0.4, -0.2) is 51.9 Å². The van der Waals surface area contributed by atoms with Crippen LogP contribution in [0.5, 0.6) is 0 Å². The lowest BCUT2D eigenvalue weighted by Gasteiger charge is -2.56. The lowest BCUT2D eigenvalue weighted by atomic mass is 9.46. The van der Waals surface area contributed by atoms with Gasteiger partial charge >= 0.3 is 0 Å². The zero-order valence-electron chi connectivity index (χ0n) is 16.4. The first-order valence-corrected chi connectivity index (χ1v) is 10.2. The maximum absolute atomic E-state index is 15.3. The fraction of sp³-hybridized carbons (Fsp3) is 0.727. The van der Waals surface area contributed by atoms with E-state index in [1.54, 1.807) is 6.08 Å². The second kappa shape index (κ2) is 5.21. The van der Waals surface area contributed by atoms with Crippen LogP contribution in [0.15, 0.2) is 23.8 Å². The summed E-state index contributed by atoms with van der Waals surface area (Å²) in [7, 11) is 0. The van der Waals surface area contributed by atoms with E-state index in [-0.39, 0.29) is 36.1 Å². The van der Waals surface area contributed by atoms with Gasteiger partial charge in [-0.05, 0) is 61.7 Å². The number of ether oxygens (including phenoxy) is 1. The molecule has 0 aromatic carbocycles. The third-order valence-corrected chi connectivity index (χ3v) is 9.07. The molecular formula is C22H27FO5. The number of carbonyl (C=O) groups is 2. The van der Waals surface area contributed by atoms with Crippen LogP contribution in [0.1, 0.15) is 40.0 Å². The fourth-order valence-corrected chi connectivity index (χ4v) is 7.69. The number of rotatable bonds is 2. The number of halogens is 1. The van der Waals surface area contributed by atoms with Gasteiger partial charge in [-0.2, -0.15) is 0 Å². The minimum Gasteiger partial charge on any atom is -0.388 e. The normalized spacial score (nSPS) is 56.3. The van der Waals surface area contributed by atoms with E-state index in [1.807, 2.05) is 20.8 Å². The second-order valence-corrected chi connectivity index (χ2v) is 9.96. The molecule has 4 fully saturated rings. The fourth-order valence-electron chi connectivity index (χ4n) is 7.69. The van der Waals surface area contributed by atoms with Crippen molar-refractivity contribution >= 4 is 11.6 Å². The summed E-state index contributed by atoms with van der Waals surface area (Å²) in [5, 5.41) is 21.0. The van der Waals surface area contributed by atoms with Gasteiger partial charge in [0.15, 0.2) is 11.6 Å². The third kappa shape index (κ3) is 1.75. The van der Waals surface area contributed by atoms with E-state index >= 15 is 4.39 Å². The van der Waals surface area contributed by atoms with Crippen molar-refractivity contribution < 1.29 is 28.9 Å². The van der Waals surface area contributed by atoms with Gasteiger partial charge in [0.25, 0.3) is 0 Å². The van der Waals surface area contributed by atoms with Crippen molar-refractivity contribution in [3.63, 3.8) is 0 Å². The summed E-state index contributed by atoms with van der Waals surface area (Å²) in [5.41, 5.74) is -3.19. The number of epoxide rings is 1. The second-order valence-electron chi connectivity index (χ2n) is 9.96. The predicted molar refractivity (Wildman–Crippen MR) is 98.0 cm³/mol. The highest BCUT2D eigenvalue weighted by molar-refractivity contribution is 6.01. The quantitative estimate of drug-likeness (QED) is 0.704. The number of allylic oxidation sites excluding steroid dienone is 2. The van der Waals surface area contributed by atoms with Gasteiger partial charge < -0.3 is 14.9 Å². The molecule has 5 nitrogen and oxygen atoms in total. The number of fused-ring (bicyclic) bond motifs is 3. The van der Waals surface area contributed by atoms with E-state index < -0.39 is 40.6 Å². The number of ketones is 2. The van der Waals surface area contributed by atoms with Gasteiger partial charge in [0.2, 0.25) is 0 Å². The maximum atomic E-state index is 15.3. The van der Waals surface area contributed by atoms with E-state index in [0.717, 1.165) is 0 Å². The Kier molecular flexibility index (Phi) is 3.47. The Bertz CT molecular complexity index is 850. The Morgan fingerprint density at radius 1 is 1.32 bits per heavy atom. The first-order chi connectivity index (χ1) is 13.1. The van der Waals surface area contributed by atoms with Crippen LogP contribution in [0.2, 0.25) is 0 Å². The van der Waals surface area contributed by atoms with Crippen molar-refractivity contribution in [2.24, 2.45) is 28.6 Å². The molecule has 0 amide bonds. The van der Waals surface area contributed by atoms with E-state index in [1.165, 1.54) is 12.2 Å². The third-order valence-electron chi connectivity index (χ3n) is 9.07. The Labute approximate surface area is 163 Å². The smallest absolute Gasteiger partial charge is 0.190 e. The van der Waals surface area contributed by atoms with E-state index in [2.05, 4.69) is 0 Å². The topological polar surface area (TPSA) is 87.1 Å². The SMILES string of the molecule is CC1CC2C3CC(F)C4=CC(=O)C=CC4(C)C34OC4CC2(C)C1(O)C(=O)CO. The van der Waals surface area contributed by atoms with Crippen LogP contribution in [0, 0.1) is 28.6 Å². The summed E-state index contributed by atoms with van der Waals surface area (Å²) >= 11 is 0. The van der Waals surface area contributed by atoms with Gasteiger partial charge in [-0.1, -0.05) is 19.9 Å². The number of carbonyl (C=O) groups excluding carboxylic acids is 2. The molecule has 1 spiro atoms. The van der Waals surface area contributed by atoms with Crippen molar-refractivity contribution in [1.82, 2.24) is 0 Å². The summed E-state index contributed by atoms with van der Waals surface area (Å²) in [6.07, 6.45) is 4.58. The van der Waals surface area contributed by atoms with Crippen molar-refractivity contribution in [2.45, 2.75) is 63.5 Å². The standard InChI is InChI=1S/C22H27FO5/c1-11-6-13-14-8-16(23)15-7-12(25)4-5-19(15,2)22(14)18(28-22)9-20(13,3)21(11,27)17(26)10-24/h4-5,7,11,13-14,16,18,24,27H,6,8-10H2,1-3H3. The number of aliphatic hydroxyl groups excluding tert-OH is 1. The first kappa shape index (κ1) is 18.6. The zero-order chi connectivity index (χ0) is 20.3. The molecule has 5 aliphatic rings. The van der Waals surface area contributed by atoms with Gasteiger partial charge in [0.1, 0.15) is 24.0 Å². The average molecular weight is 390 g/mol. The number of hydrogen-bond acceptors (Lipinski definition) is 5. The number of aliphatic hydroxyl groups is 2. The molecule has 3 saturated carbocycles. The van der Waals surface area contributed by atoms with Crippen LogP contribution >= 0.6 is 0 Å². The van der Waals surface area contributed by atoms with Crippen molar-refractivity contribution in [3.05, 3.63) is 23.8 Å². The predicted octanol–water partition coefficient (Wildman–Crippen LogP) is 1.91. The summed E-state index contributed by atoms with van der Waals surface area (Å²) in [5.74, 6) is -1.32. The molecule has 4 aliphatic carbocycles. The van der Waals surface area contributed by atoms with Gasteiger partial charge in [-0.3, -0.25) is 9.59 Å². The molecule has 0 aromatic rings. The monoisotopic (exact) mass is 390 g/mol. The Morgan fingerprint density at radius 2 is 2.04 bits per heavy atom. The van der Waals surface area contributed by atoms with Crippen molar-refractivity contribution in [2.75, 3.05) is 6.61 Å². The molecule has 5 rings (SSSR count). The maximum Gasteiger partial charge on any atom is 0.190 e. The van der Waals surface area contributed by atoms with Crippen LogP contribution in [0.3, 0.4) is 0 Å². The molecule has 1 aliphatic heterocycles. The zero-order valence-corrected chi connectivity index (χ0v) is 16.4. The highest BCUT2D eigenvalue weighted by Gasteiger charge is 2.82. The lowest BCUT2D eigenvalue weighted by molar-refractivity contribution is -0.166. The molecule has 9 atom stereocenters. The van der Waals surface area contributed by atoms with Crippen LogP contribution in [0.25, 0.3) is 0 Å². The van der Waals surface area contributed by atoms with E-state index in [0.29, 0.717) is 18.4 Å². The number of alkyl halides is 1.